The number of carbonyl (C=O) groups is 1. The van der Waals surface area contributed by atoms with E-state index < -0.39 is 0 Å². The van der Waals surface area contributed by atoms with Gasteiger partial charge in [0.05, 0.1) is 11.6 Å². The molecule has 0 fully saturated rings. The largest absolute Gasteiger partial charge is 0.330 e. The summed E-state index contributed by atoms with van der Waals surface area (Å²) in [4.78, 5) is 23.1. The predicted molar refractivity (Wildman–Crippen MR) is 82.9 cm³/mol. The maximum Gasteiger partial charge on any atom is 0.264 e. The first-order valence-electron chi connectivity index (χ1n) is 7.03. The molecule has 1 atom stereocenters. The number of hydrogen-bond acceptors (Lipinski definition) is 3. The Balaban J connectivity index is 2.05. The van der Waals surface area contributed by atoms with Crippen molar-refractivity contribution in [3.05, 3.63) is 40.7 Å². The highest BCUT2D eigenvalue weighted by molar-refractivity contribution is 5.92. The van der Waals surface area contributed by atoms with Gasteiger partial charge in [0, 0.05) is 18.3 Å². The van der Waals surface area contributed by atoms with Crippen molar-refractivity contribution in [2.75, 3.05) is 11.9 Å². The Morgan fingerprint density at radius 3 is 2.52 bits per heavy atom. The highest BCUT2D eigenvalue weighted by Gasteiger charge is 2.15. The van der Waals surface area contributed by atoms with Crippen LogP contribution in [-0.2, 0) is 4.79 Å². The lowest BCUT2D eigenvalue weighted by Gasteiger charge is -2.14. The Morgan fingerprint density at radius 2 is 2.00 bits per heavy atom. The molecular formula is C15H20N4O2. The molecule has 5 N–H and O–H groups in total. The van der Waals surface area contributed by atoms with Crippen molar-refractivity contribution < 1.29 is 4.79 Å². The van der Waals surface area contributed by atoms with E-state index in [1.165, 1.54) is 6.07 Å². The van der Waals surface area contributed by atoms with Crippen molar-refractivity contribution in [1.82, 2.24) is 10.2 Å². The lowest BCUT2D eigenvalue weighted by atomic mass is 10.0. The summed E-state index contributed by atoms with van der Waals surface area (Å²) in [6.45, 7) is 2.38. The van der Waals surface area contributed by atoms with E-state index in [4.69, 9.17) is 5.73 Å². The van der Waals surface area contributed by atoms with Gasteiger partial charge >= 0.3 is 0 Å². The van der Waals surface area contributed by atoms with Crippen molar-refractivity contribution >= 4 is 11.6 Å². The van der Waals surface area contributed by atoms with E-state index in [1.54, 1.807) is 12.1 Å². The maximum atomic E-state index is 12.0. The number of hydrogen-bond donors (Lipinski definition) is 4. The Hall–Kier alpha value is -2.34. The maximum absolute atomic E-state index is 12.0. The minimum absolute atomic E-state index is 0.0536. The van der Waals surface area contributed by atoms with Crippen LogP contribution in [0.25, 0.3) is 11.3 Å². The molecular weight excluding hydrogens is 268 g/mol. The van der Waals surface area contributed by atoms with Crippen molar-refractivity contribution in [3.63, 3.8) is 0 Å². The van der Waals surface area contributed by atoms with E-state index >= 15 is 0 Å². The van der Waals surface area contributed by atoms with Crippen molar-refractivity contribution in [2.24, 2.45) is 11.7 Å². The van der Waals surface area contributed by atoms with Gasteiger partial charge in [0.15, 0.2) is 0 Å². The van der Waals surface area contributed by atoms with Crippen LogP contribution >= 0.6 is 0 Å². The van der Waals surface area contributed by atoms with Gasteiger partial charge in [-0.2, -0.15) is 0 Å². The number of amides is 1. The molecule has 6 heteroatoms. The van der Waals surface area contributed by atoms with E-state index in [-0.39, 0.29) is 17.4 Å². The zero-order chi connectivity index (χ0) is 15.2. The predicted octanol–water partition coefficient (Wildman–Crippen LogP) is 1.68. The minimum Gasteiger partial charge on any atom is -0.330 e. The third-order valence-corrected chi connectivity index (χ3v) is 3.35. The van der Waals surface area contributed by atoms with Gasteiger partial charge in [0.25, 0.3) is 5.56 Å². The molecule has 1 aromatic heterocycles. The van der Waals surface area contributed by atoms with Gasteiger partial charge in [-0.25, -0.2) is 0 Å². The molecule has 2 aromatic rings. The van der Waals surface area contributed by atoms with Crippen LogP contribution in [0.3, 0.4) is 0 Å². The fourth-order valence-corrected chi connectivity index (χ4v) is 2.17. The molecule has 0 radical (unpaired) electrons. The van der Waals surface area contributed by atoms with Crippen LogP contribution in [0.15, 0.2) is 35.1 Å². The molecule has 0 aliphatic carbocycles. The average molecular weight is 288 g/mol. The third kappa shape index (κ3) is 3.82. The van der Waals surface area contributed by atoms with Crippen LogP contribution in [0.5, 0.6) is 0 Å². The Labute approximate surface area is 122 Å². The second-order valence-electron chi connectivity index (χ2n) is 4.96. The van der Waals surface area contributed by atoms with Gasteiger partial charge < -0.3 is 11.1 Å². The van der Waals surface area contributed by atoms with E-state index in [2.05, 4.69) is 15.5 Å². The highest BCUT2D eigenvalue weighted by atomic mass is 16.2. The molecule has 0 aliphatic rings. The summed E-state index contributed by atoms with van der Waals surface area (Å²) in [7, 11) is 0. The number of nitrogens with one attached hydrogen (secondary N) is 3. The topological polar surface area (TPSA) is 104 Å². The molecule has 0 saturated heterocycles. The summed E-state index contributed by atoms with van der Waals surface area (Å²) in [5, 5.41) is 8.13. The summed E-state index contributed by atoms with van der Waals surface area (Å²) in [6.07, 6.45) is 1.71. The normalized spacial score (nSPS) is 12.1. The fraction of sp³-hybridized carbons (Fsp3) is 0.333. The third-order valence-electron chi connectivity index (χ3n) is 3.35. The summed E-state index contributed by atoms with van der Waals surface area (Å²) in [5.41, 5.74) is 7.75. The van der Waals surface area contributed by atoms with E-state index in [0.717, 1.165) is 24.1 Å². The quantitative estimate of drug-likeness (QED) is 0.650. The average Bonchev–Trinajstić information content (AvgIpc) is 2.92. The molecule has 1 amide bonds. The number of aromatic amines is 2. The number of aromatic nitrogens is 2. The molecule has 1 aromatic carbocycles. The van der Waals surface area contributed by atoms with Crippen LogP contribution in [0.2, 0.25) is 0 Å². The van der Waals surface area contributed by atoms with Gasteiger partial charge in [-0.3, -0.25) is 19.8 Å². The van der Waals surface area contributed by atoms with Gasteiger partial charge in [0.2, 0.25) is 5.91 Å². The zero-order valence-corrected chi connectivity index (χ0v) is 12.0. The second kappa shape index (κ2) is 6.90. The molecule has 1 heterocycles. The SMILES string of the molecule is CCCC(CN)C(=O)Nc1ccc(-c2cc(=O)[nH][nH]2)cc1. The monoisotopic (exact) mass is 288 g/mol. The van der Waals surface area contributed by atoms with Crippen LogP contribution in [0.1, 0.15) is 19.8 Å². The van der Waals surface area contributed by atoms with Crippen molar-refractivity contribution in [3.8, 4) is 11.3 Å². The van der Waals surface area contributed by atoms with Gasteiger partial charge in [-0.1, -0.05) is 25.5 Å². The molecule has 0 spiro atoms. The molecule has 21 heavy (non-hydrogen) atoms. The molecule has 6 nitrogen and oxygen atoms in total. The van der Waals surface area contributed by atoms with Crippen LogP contribution in [0.4, 0.5) is 5.69 Å². The fourth-order valence-electron chi connectivity index (χ4n) is 2.17. The Kier molecular flexibility index (Phi) is 4.94. The standard InChI is InChI=1S/C15H20N4O2/c1-2-3-11(9-16)15(21)17-12-6-4-10(5-7-12)13-8-14(20)19-18-13/h4-8,11H,2-3,9,16H2,1H3,(H,17,21)(H2,18,19,20). The number of anilines is 1. The lowest BCUT2D eigenvalue weighted by Crippen LogP contribution is -2.29. The molecule has 0 aliphatic heterocycles. The zero-order valence-electron chi connectivity index (χ0n) is 12.0. The summed E-state index contributed by atoms with van der Waals surface area (Å²) in [5.74, 6) is -0.210. The highest BCUT2D eigenvalue weighted by Crippen LogP contribution is 2.19. The first-order chi connectivity index (χ1) is 10.1. The first kappa shape index (κ1) is 15.1. The molecule has 2 rings (SSSR count). The summed E-state index contributed by atoms with van der Waals surface area (Å²) in [6, 6.07) is 8.77. The van der Waals surface area contributed by atoms with Gasteiger partial charge in [-0.05, 0) is 24.1 Å². The van der Waals surface area contributed by atoms with Crippen LogP contribution in [-0.4, -0.2) is 22.6 Å². The van der Waals surface area contributed by atoms with Gasteiger partial charge in [-0.15, -0.1) is 0 Å². The van der Waals surface area contributed by atoms with E-state index in [1.807, 2.05) is 19.1 Å². The molecule has 112 valence electrons. The van der Waals surface area contributed by atoms with E-state index in [9.17, 15) is 9.59 Å². The first-order valence-corrected chi connectivity index (χ1v) is 7.03. The Morgan fingerprint density at radius 1 is 1.29 bits per heavy atom. The van der Waals surface area contributed by atoms with Crippen molar-refractivity contribution in [1.29, 1.82) is 0 Å². The smallest absolute Gasteiger partial charge is 0.264 e. The molecule has 0 saturated carbocycles. The number of benzene rings is 1. The molecule has 1 unspecified atom stereocenters. The van der Waals surface area contributed by atoms with Crippen molar-refractivity contribution in [2.45, 2.75) is 19.8 Å². The second-order valence-corrected chi connectivity index (χ2v) is 4.96. The minimum atomic E-state index is -0.173. The summed E-state index contributed by atoms with van der Waals surface area (Å²) >= 11 is 0. The van der Waals surface area contributed by atoms with E-state index in [0.29, 0.717) is 12.2 Å². The van der Waals surface area contributed by atoms with Gasteiger partial charge in [0.1, 0.15) is 0 Å². The number of carbonyl (C=O) groups excluding carboxylic acids is 1. The number of H-pyrrole nitrogens is 2. The van der Waals surface area contributed by atoms with Crippen LogP contribution < -0.4 is 16.6 Å². The molecule has 0 bridgehead atoms. The number of nitrogens with two attached hydrogens (primary N) is 1. The Bertz CT molecular complexity index is 642. The van der Waals surface area contributed by atoms with Crippen LogP contribution in [0, 0.1) is 5.92 Å². The lowest BCUT2D eigenvalue weighted by molar-refractivity contribution is -0.119. The summed E-state index contributed by atoms with van der Waals surface area (Å²) < 4.78 is 0. The number of rotatable bonds is 6.